The molecule has 1 fully saturated rings. The van der Waals surface area contributed by atoms with Gasteiger partial charge >= 0.3 is 6.18 Å². The summed E-state index contributed by atoms with van der Waals surface area (Å²) in [4.78, 5) is 14.2. The Bertz CT molecular complexity index is 1100. The van der Waals surface area contributed by atoms with Crippen LogP contribution in [0.2, 0.25) is 0 Å². The number of nitriles is 1. The fourth-order valence-corrected chi connectivity index (χ4v) is 4.83. The van der Waals surface area contributed by atoms with Crippen molar-refractivity contribution in [3.8, 4) is 6.07 Å². The monoisotopic (exact) mass is 467 g/mol. The molecule has 32 heavy (non-hydrogen) atoms. The molecule has 0 unspecified atom stereocenters. The van der Waals surface area contributed by atoms with Gasteiger partial charge in [-0.3, -0.25) is 4.79 Å². The van der Waals surface area contributed by atoms with Crippen LogP contribution in [0.1, 0.15) is 21.5 Å². The van der Waals surface area contributed by atoms with E-state index in [0.29, 0.717) is 11.1 Å². The quantitative estimate of drug-likeness (QED) is 0.652. The average Bonchev–Trinajstić information content (AvgIpc) is 2.78. The molecule has 7 nitrogen and oxygen atoms in total. The molecule has 0 atom stereocenters. The molecule has 1 saturated heterocycles. The van der Waals surface area contributed by atoms with Gasteiger partial charge < -0.3 is 9.64 Å². The molecule has 2 aromatic rings. The highest BCUT2D eigenvalue weighted by Crippen LogP contribution is 2.22. The minimum absolute atomic E-state index is 0.0605. The molecule has 1 amide bonds. The van der Waals surface area contributed by atoms with E-state index in [1.807, 2.05) is 6.07 Å². The van der Waals surface area contributed by atoms with Crippen LogP contribution in [0.5, 0.6) is 0 Å². The van der Waals surface area contributed by atoms with Crippen LogP contribution < -0.4 is 0 Å². The maximum Gasteiger partial charge on any atom is 0.411 e. The number of sulfonamides is 1. The van der Waals surface area contributed by atoms with E-state index in [2.05, 4.69) is 4.74 Å². The molecule has 1 heterocycles. The number of piperazine rings is 1. The molecule has 0 bridgehead atoms. The van der Waals surface area contributed by atoms with Gasteiger partial charge in [-0.1, -0.05) is 24.3 Å². The Hall–Kier alpha value is -2.94. The van der Waals surface area contributed by atoms with Gasteiger partial charge in [-0.2, -0.15) is 22.7 Å². The minimum atomic E-state index is -4.40. The van der Waals surface area contributed by atoms with E-state index in [0.717, 1.165) is 0 Å². The van der Waals surface area contributed by atoms with E-state index >= 15 is 0 Å². The number of ether oxygens (including phenoxy) is 1. The normalized spacial score (nSPS) is 15.4. The van der Waals surface area contributed by atoms with Gasteiger partial charge in [0, 0.05) is 31.7 Å². The molecule has 2 aromatic carbocycles. The Balaban J connectivity index is 1.59. The standard InChI is InChI=1S/C21H20F3N3O4S/c22-21(23,24)15-31-14-16-5-7-17(8-6-16)20(28)26-9-11-27(12-10-26)32(29,30)19-4-2-1-3-18(19)13-25/h1-8H,9-12,14-15H2. The second-order valence-electron chi connectivity index (χ2n) is 7.11. The van der Waals surface area contributed by atoms with Crippen LogP contribution in [0.3, 0.4) is 0 Å². The number of rotatable bonds is 6. The summed E-state index contributed by atoms with van der Waals surface area (Å²) in [5, 5.41) is 9.18. The van der Waals surface area contributed by atoms with Crippen LogP contribution in [0.15, 0.2) is 53.4 Å². The number of amides is 1. The molecule has 0 aliphatic carbocycles. The summed E-state index contributed by atoms with van der Waals surface area (Å²) in [7, 11) is -3.86. The maximum atomic E-state index is 12.9. The molecule has 0 saturated carbocycles. The van der Waals surface area contributed by atoms with Crippen molar-refractivity contribution < 1.29 is 31.1 Å². The van der Waals surface area contributed by atoms with Crippen LogP contribution >= 0.6 is 0 Å². The summed E-state index contributed by atoms with van der Waals surface area (Å²) in [6, 6.07) is 13.9. The Labute approximate surface area is 183 Å². The van der Waals surface area contributed by atoms with E-state index < -0.39 is 22.8 Å². The molecule has 170 valence electrons. The van der Waals surface area contributed by atoms with Gasteiger partial charge in [0.1, 0.15) is 12.7 Å². The first kappa shape index (κ1) is 23.7. The molecule has 0 aromatic heterocycles. The number of nitrogens with zero attached hydrogens (tertiary/aromatic N) is 3. The topological polar surface area (TPSA) is 90.7 Å². The summed E-state index contributed by atoms with van der Waals surface area (Å²) in [6.07, 6.45) is -4.40. The molecular weight excluding hydrogens is 447 g/mol. The largest absolute Gasteiger partial charge is 0.411 e. The number of benzene rings is 2. The van der Waals surface area contributed by atoms with Gasteiger partial charge in [-0.05, 0) is 29.8 Å². The number of alkyl halides is 3. The summed E-state index contributed by atoms with van der Waals surface area (Å²) in [5.41, 5.74) is 0.902. The van der Waals surface area contributed by atoms with Gasteiger partial charge in [0.25, 0.3) is 5.91 Å². The summed E-state index contributed by atoms with van der Waals surface area (Å²) >= 11 is 0. The Morgan fingerprint density at radius 3 is 2.25 bits per heavy atom. The van der Waals surface area contributed by atoms with Gasteiger partial charge in [0.15, 0.2) is 0 Å². The average molecular weight is 467 g/mol. The predicted molar refractivity (Wildman–Crippen MR) is 108 cm³/mol. The van der Waals surface area contributed by atoms with Crippen LogP contribution in [-0.4, -0.2) is 62.5 Å². The first-order chi connectivity index (χ1) is 15.1. The number of hydrogen-bond acceptors (Lipinski definition) is 5. The molecule has 1 aliphatic heterocycles. The molecule has 11 heteroatoms. The van der Waals surface area contributed by atoms with Crippen molar-refractivity contribution in [2.45, 2.75) is 17.7 Å². The minimum Gasteiger partial charge on any atom is -0.367 e. The Kier molecular flexibility index (Phi) is 7.18. The van der Waals surface area contributed by atoms with Gasteiger partial charge in [0.2, 0.25) is 10.0 Å². The van der Waals surface area contributed by atoms with E-state index in [4.69, 9.17) is 0 Å². The lowest BCUT2D eigenvalue weighted by molar-refractivity contribution is -0.176. The Morgan fingerprint density at radius 2 is 1.66 bits per heavy atom. The second kappa shape index (κ2) is 9.68. The van der Waals surface area contributed by atoms with Crippen molar-refractivity contribution in [2.24, 2.45) is 0 Å². The van der Waals surface area contributed by atoms with Crippen molar-refractivity contribution in [1.82, 2.24) is 9.21 Å². The molecule has 3 rings (SSSR count). The van der Waals surface area contributed by atoms with Gasteiger partial charge in [0.05, 0.1) is 17.1 Å². The summed E-state index contributed by atoms with van der Waals surface area (Å²) in [5.74, 6) is -0.303. The molecular formula is C21H20F3N3O4S. The van der Waals surface area contributed by atoms with Crippen LogP contribution in [0.4, 0.5) is 13.2 Å². The zero-order valence-corrected chi connectivity index (χ0v) is 17.7. The SMILES string of the molecule is N#Cc1ccccc1S(=O)(=O)N1CCN(C(=O)c2ccc(COCC(F)(F)F)cc2)CC1. The van der Waals surface area contributed by atoms with Gasteiger partial charge in [-0.25, -0.2) is 8.42 Å². The summed E-state index contributed by atoms with van der Waals surface area (Å²) < 4.78 is 68.0. The molecule has 1 aliphatic rings. The Morgan fingerprint density at radius 1 is 1.03 bits per heavy atom. The smallest absolute Gasteiger partial charge is 0.367 e. The predicted octanol–water partition coefficient (Wildman–Crippen LogP) is 2.78. The maximum absolute atomic E-state index is 12.9. The molecule has 0 radical (unpaired) electrons. The van der Waals surface area contributed by atoms with E-state index in [1.54, 1.807) is 12.1 Å². The highest BCUT2D eigenvalue weighted by Gasteiger charge is 2.32. The molecule has 0 spiro atoms. The lowest BCUT2D eigenvalue weighted by atomic mass is 10.1. The third-order valence-corrected chi connectivity index (χ3v) is 6.84. The molecule has 0 N–H and O–H groups in total. The fourth-order valence-electron chi connectivity index (χ4n) is 3.27. The number of hydrogen-bond donors (Lipinski definition) is 0. The zero-order valence-electron chi connectivity index (χ0n) is 16.9. The number of carbonyl (C=O) groups is 1. The first-order valence-corrected chi connectivity index (χ1v) is 11.1. The van der Waals surface area contributed by atoms with Crippen molar-refractivity contribution >= 4 is 15.9 Å². The van der Waals surface area contributed by atoms with Crippen LogP contribution in [-0.2, 0) is 21.4 Å². The highest BCUT2D eigenvalue weighted by molar-refractivity contribution is 7.89. The van der Waals surface area contributed by atoms with Crippen LogP contribution in [0, 0.1) is 11.3 Å². The zero-order chi connectivity index (χ0) is 23.4. The number of carbonyl (C=O) groups excluding carboxylic acids is 1. The highest BCUT2D eigenvalue weighted by atomic mass is 32.2. The summed E-state index contributed by atoms with van der Waals surface area (Å²) in [6.45, 7) is -1.07. The van der Waals surface area contributed by atoms with Crippen molar-refractivity contribution in [1.29, 1.82) is 5.26 Å². The van der Waals surface area contributed by atoms with Crippen molar-refractivity contribution in [2.75, 3.05) is 32.8 Å². The third kappa shape index (κ3) is 5.64. The first-order valence-electron chi connectivity index (χ1n) is 9.64. The van der Waals surface area contributed by atoms with E-state index in [1.165, 1.54) is 45.6 Å². The second-order valence-corrected chi connectivity index (χ2v) is 9.02. The fraction of sp³-hybridized carbons (Fsp3) is 0.333. The third-order valence-electron chi connectivity index (χ3n) is 4.89. The van der Waals surface area contributed by atoms with Crippen molar-refractivity contribution in [3.05, 3.63) is 65.2 Å². The van der Waals surface area contributed by atoms with E-state index in [9.17, 15) is 31.6 Å². The van der Waals surface area contributed by atoms with E-state index in [-0.39, 0.29) is 49.2 Å². The lowest BCUT2D eigenvalue weighted by Gasteiger charge is -2.34. The van der Waals surface area contributed by atoms with Crippen molar-refractivity contribution in [3.63, 3.8) is 0 Å². The van der Waals surface area contributed by atoms with Crippen LogP contribution in [0.25, 0.3) is 0 Å². The van der Waals surface area contributed by atoms with Gasteiger partial charge in [-0.15, -0.1) is 0 Å². The number of halogens is 3. The lowest BCUT2D eigenvalue weighted by Crippen LogP contribution is -2.50.